The fraction of sp³-hybridized carbons (Fsp3) is 0.923. The van der Waals surface area contributed by atoms with Gasteiger partial charge in [-0.25, -0.2) is 0 Å². The molecule has 3 heteroatoms. The predicted octanol–water partition coefficient (Wildman–Crippen LogP) is 1.67. The summed E-state index contributed by atoms with van der Waals surface area (Å²) in [5.74, 6) is 2.82. The zero-order valence-corrected chi connectivity index (χ0v) is 9.99. The Balaban J connectivity index is 1.64. The number of nitrogens with one attached hydrogen (secondary N) is 1. The summed E-state index contributed by atoms with van der Waals surface area (Å²) >= 11 is 0. The van der Waals surface area contributed by atoms with E-state index < -0.39 is 0 Å². The van der Waals surface area contributed by atoms with Crippen LogP contribution in [0.2, 0.25) is 0 Å². The smallest absolute Gasteiger partial charge is 0.100 e. The highest BCUT2D eigenvalue weighted by Gasteiger charge is 2.36. The average Bonchev–Trinajstić information content (AvgIpc) is 2.96. The number of fused-ring (bicyclic) bond motifs is 1. The van der Waals surface area contributed by atoms with E-state index in [9.17, 15) is 0 Å². The molecule has 0 amide bonds. The van der Waals surface area contributed by atoms with E-state index in [4.69, 9.17) is 10.7 Å². The molecule has 90 valence electrons. The van der Waals surface area contributed by atoms with Crippen LogP contribution in [-0.4, -0.2) is 24.5 Å². The summed E-state index contributed by atoms with van der Waals surface area (Å²) in [6.07, 6.45) is 9.26. The minimum Gasteiger partial charge on any atom is -0.369 e. The fourth-order valence-electron chi connectivity index (χ4n) is 3.59. The van der Waals surface area contributed by atoms with Crippen LogP contribution in [0.1, 0.15) is 44.9 Å². The molecular formula is C13H23N3. The van der Waals surface area contributed by atoms with Gasteiger partial charge in [-0.15, -0.1) is 0 Å². The van der Waals surface area contributed by atoms with Gasteiger partial charge in [0.25, 0.3) is 0 Å². The molecular weight excluding hydrogens is 198 g/mol. The standard InChI is InChI=1S/C13H23N3/c14-8-9-5-6-11-12(7-9)16-13(15-11)10-3-1-2-4-10/h9-12H,1-8,14H2,(H,15,16). The van der Waals surface area contributed by atoms with Crippen LogP contribution in [0.5, 0.6) is 0 Å². The first kappa shape index (κ1) is 10.6. The number of nitrogens with zero attached hydrogens (tertiary/aromatic N) is 1. The van der Waals surface area contributed by atoms with Crippen molar-refractivity contribution in [1.29, 1.82) is 0 Å². The number of hydrogen-bond acceptors (Lipinski definition) is 3. The van der Waals surface area contributed by atoms with E-state index in [2.05, 4.69) is 5.32 Å². The normalized spacial score (nSPS) is 39.3. The maximum Gasteiger partial charge on any atom is 0.100 e. The number of aliphatic imine (C=N–C) groups is 1. The van der Waals surface area contributed by atoms with Gasteiger partial charge >= 0.3 is 0 Å². The number of hydrogen-bond donors (Lipinski definition) is 2. The van der Waals surface area contributed by atoms with Crippen LogP contribution >= 0.6 is 0 Å². The van der Waals surface area contributed by atoms with E-state index in [0.29, 0.717) is 12.1 Å². The van der Waals surface area contributed by atoms with Crippen molar-refractivity contribution in [3.63, 3.8) is 0 Å². The summed E-state index contributed by atoms with van der Waals surface area (Å²) in [4.78, 5) is 4.93. The molecule has 2 saturated carbocycles. The third-order valence-electron chi connectivity index (χ3n) is 4.64. The second-order valence-electron chi connectivity index (χ2n) is 5.73. The minimum absolute atomic E-state index is 0.568. The summed E-state index contributed by atoms with van der Waals surface area (Å²) in [6, 6.07) is 1.18. The first-order valence-corrected chi connectivity index (χ1v) is 6.91. The molecule has 2 aliphatic carbocycles. The van der Waals surface area contributed by atoms with Crippen LogP contribution in [0.4, 0.5) is 0 Å². The van der Waals surface area contributed by atoms with Gasteiger partial charge < -0.3 is 11.1 Å². The van der Waals surface area contributed by atoms with E-state index in [1.54, 1.807) is 0 Å². The summed E-state index contributed by atoms with van der Waals surface area (Å²) in [6.45, 7) is 0.851. The number of rotatable bonds is 2. The Hall–Kier alpha value is -0.570. The second-order valence-corrected chi connectivity index (χ2v) is 5.73. The molecule has 16 heavy (non-hydrogen) atoms. The van der Waals surface area contributed by atoms with Gasteiger partial charge in [0, 0.05) is 12.0 Å². The fourth-order valence-corrected chi connectivity index (χ4v) is 3.59. The van der Waals surface area contributed by atoms with E-state index >= 15 is 0 Å². The SMILES string of the molecule is NCC1CCC2N=C(C3CCCC3)NC2C1. The largest absolute Gasteiger partial charge is 0.369 e. The van der Waals surface area contributed by atoms with Crippen molar-refractivity contribution in [1.82, 2.24) is 5.32 Å². The molecule has 0 aromatic rings. The zero-order valence-electron chi connectivity index (χ0n) is 9.99. The highest BCUT2D eigenvalue weighted by molar-refractivity contribution is 5.87. The van der Waals surface area contributed by atoms with Crippen molar-refractivity contribution >= 4 is 5.84 Å². The van der Waals surface area contributed by atoms with Gasteiger partial charge in [0.1, 0.15) is 5.84 Å². The molecule has 0 saturated heterocycles. The summed E-state index contributed by atoms with van der Waals surface area (Å²) in [7, 11) is 0. The van der Waals surface area contributed by atoms with E-state index in [1.807, 2.05) is 0 Å². The third-order valence-corrected chi connectivity index (χ3v) is 4.64. The molecule has 3 nitrogen and oxygen atoms in total. The topological polar surface area (TPSA) is 50.4 Å². The lowest BCUT2D eigenvalue weighted by atomic mass is 9.83. The third kappa shape index (κ3) is 1.86. The van der Waals surface area contributed by atoms with Crippen molar-refractivity contribution in [2.24, 2.45) is 22.6 Å². The Morgan fingerprint density at radius 2 is 2.00 bits per heavy atom. The first-order chi connectivity index (χ1) is 7.86. The van der Waals surface area contributed by atoms with Gasteiger partial charge in [0.15, 0.2) is 0 Å². The monoisotopic (exact) mass is 221 g/mol. The maximum absolute atomic E-state index is 5.78. The highest BCUT2D eigenvalue weighted by Crippen LogP contribution is 2.33. The zero-order chi connectivity index (χ0) is 11.0. The molecule has 3 unspecified atom stereocenters. The maximum atomic E-state index is 5.78. The lowest BCUT2D eigenvalue weighted by Gasteiger charge is -2.29. The van der Waals surface area contributed by atoms with Gasteiger partial charge in [0.2, 0.25) is 0 Å². The van der Waals surface area contributed by atoms with Crippen LogP contribution in [0, 0.1) is 11.8 Å². The molecule has 1 heterocycles. The molecule has 0 bridgehead atoms. The van der Waals surface area contributed by atoms with E-state index in [0.717, 1.165) is 18.4 Å². The first-order valence-electron chi connectivity index (χ1n) is 6.91. The van der Waals surface area contributed by atoms with Gasteiger partial charge in [-0.2, -0.15) is 0 Å². The van der Waals surface area contributed by atoms with Gasteiger partial charge in [0.05, 0.1) is 6.04 Å². The Morgan fingerprint density at radius 3 is 2.75 bits per heavy atom. The molecule has 3 rings (SSSR count). The van der Waals surface area contributed by atoms with Crippen molar-refractivity contribution < 1.29 is 0 Å². The van der Waals surface area contributed by atoms with Crippen molar-refractivity contribution in [3.8, 4) is 0 Å². The second kappa shape index (κ2) is 4.36. The Kier molecular flexibility index (Phi) is 2.88. The average molecular weight is 221 g/mol. The summed E-state index contributed by atoms with van der Waals surface area (Å²) in [5, 5.41) is 3.69. The van der Waals surface area contributed by atoms with Gasteiger partial charge in [-0.05, 0) is 44.6 Å². The Morgan fingerprint density at radius 1 is 1.19 bits per heavy atom. The van der Waals surface area contributed by atoms with Crippen LogP contribution in [0.25, 0.3) is 0 Å². The Labute approximate surface area is 97.9 Å². The van der Waals surface area contributed by atoms with E-state index in [1.165, 1.54) is 50.8 Å². The molecule has 1 aliphatic heterocycles. The number of nitrogens with two attached hydrogens (primary N) is 1. The van der Waals surface area contributed by atoms with Gasteiger partial charge in [-0.1, -0.05) is 12.8 Å². The minimum atomic E-state index is 0.568. The predicted molar refractivity (Wildman–Crippen MR) is 66.5 cm³/mol. The quantitative estimate of drug-likeness (QED) is 0.745. The molecule has 2 fully saturated rings. The van der Waals surface area contributed by atoms with Crippen LogP contribution in [0.3, 0.4) is 0 Å². The van der Waals surface area contributed by atoms with Crippen LogP contribution < -0.4 is 11.1 Å². The summed E-state index contributed by atoms with van der Waals surface area (Å²) in [5.41, 5.74) is 5.78. The molecule has 3 N–H and O–H groups in total. The van der Waals surface area contributed by atoms with Crippen molar-refractivity contribution in [2.75, 3.05) is 6.54 Å². The molecule has 3 atom stereocenters. The van der Waals surface area contributed by atoms with Crippen LogP contribution in [-0.2, 0) is 0 Å². The molecule has 3 aliphatic rings. The van der Waals surface area contributed by atoms with Crippen LogP contribution in [0.15, 0.2) is 4.99 Å². The van der Waals surface area contributed by atoms with Gasteiger partial charge in [-0.3, -0.25) is 4.99 Å². The number of amidine groups is 1. The Bertz CT molecular complexity index is 281. The lowest BCUT2D eigenvalue weighted by Crippen LogP contribution is -2.42. The van der Waals surface area contributed by atoms with E-state index in [-0.39, 0.29) is 0 Å². The lowest BCUT2D eigenvalue weighted by molar-refractivity contribution is 0.294. The molecule has 0 radical (unpaired) electrons. The summed E-state index contributed by atoms with van der Waals surface area (Å²) < 4.78 is 0. The highest BCUT2D eigenvalue weighted by atomic mass is 15.1. The molecule has 0 aromatic carbocycles. The van der Waals surface area contributed by atoms with Crippen molar-refractivity contribution in [2.45, 2.75) is 57.0 Å². The molecule has 0 spiro atoms. The van der Waals surface area contributed by atoms with Crippen molar-refractivity contribution in [3.05, 3.63) is 0 Å². The molecule has 0 aromatic heterocycles.